The first kappa shape index (κ1) is 20.9. The molecule has 0 bridgehead atoms. The highest BCUT2D eigenvalue weighted by atomic mass is 16.5. The van der Waals surface area contributed by atoms with Crippen molar-refractivity contribution < 1.29 is 14.6 Å². The number of nitrogens with one attached hydrogen (secondary N) is 1. The molecule has 0 aliphatic carbocycles. The predicted octanol–water partition coefficient (Wildman–Crippen LogP) is 4.34. The van der Waals surface area contributed by atoms with Crippen LogP contribution in [0.5, 0.6) is 5.88 Å². The first-order chi connectivity index (χ1) is 12.6. The predicted molar refractivity (Wildman–Crippen MR) is 108 cm³/mol. The van der Waals surface area contributed by atoms with Gasteiger partial charge in [-0.15, -0.1) is 0 Å². The maximum absolute atomic E-state index is 12.7. The number of benzene rings is 1. The summed E-state index contributed by atoms with van der Waals surface area (Å²) >= 11 is 0. The Hall–Kier alpha value is -2.40. The van der Waals surface area contributed by atoms with E-state index in [1.165, 1.54) is 7.11 Å². The number of carbonyl (C=O) groups excluding carboxylic acids is 1. The van der Waals surface area contributed by atoms with Gasteiger partial charge in [-0.1, -0.05) is 57.5 Å². The third kappa shape index (κ3) is 4.48. The van der Waals surface area contributed by atoms with Gasteiger partial charge in [0.1, 0.15) is 11.8 Å². The highest BCUT2D eigenvalue weighted by Gasteiger charge is 2.29. The summed E-state index contributed by atoms with van der Waals surface area (Å²) in [5.41, 5.74) is 4.01. The average molecular weight is 370 g/mol. The number of aliphatic hydroxyl groups is 1. The molecule has 2 aromatic rings. The van der Waals surface area contributed by atoms with E-state index in [2.05, 4.69) is 10.3 Å². The summed E-state index contributed by atoms with van der Waals surface area (Å²) in [5, 5.41) is 14.2. The smallest absolute Gasteiger partial charge is 0.238 e. The maximum atomic E-state index is 12.7. The number of ether oxygens (including phenoxy) is 1. The van der Waals surface area contributed by atoms with Gasteiger partial charge in [0.25, 0.3) is 0 Å². The number of methoxy groups -OCH3 is 1. The molecular formula is C22H30N2O3. The normalized spacial score (nSPS) is 12.6. The van der Waals surface area contributed by atoms with Crippen LogP contribution in [-0.2, 0) is 11.2 Å². The van der Waals surface area contributed by atoms with Gasteiger partial charge in [0, 0.05) is 16.7 Å². The number of aryl methyl sites for hydroxylation is 2. The Balaban J connectivity index is 2.71. The Bertz CT molecular complexity index is 838. The minimum Gasteiger partial charge on any atom is -0.479 e. The summed E-state index contributed by atoms with van der Waals surface area (Å²) in [6.45, 7) is 11.4. The van der Waals surface area contributed by atoms with E-state index in [9.17, 15) is 9.90 Å². The van der Waals surface area contributed by atoms with Crippen LogP contribution in [0.25, 0.3) is 0 Å². The lowest BCUT2D eigenvalue weighted by Gasteiger charge is -2.25. The average Bonchev–Trinajstić information content (AvgIpc) is 2.60. The second-order valence-corrected chi connectivity index (χ2v) is 7.85. The van der Waals surface area contributed by atoms with Crippen LogP contribution in [0.3, 0.4) is 0 Å². The van der Waals surface area contributed by atoms with Gasteiger partial charge >= 0.3 is 0 Å². The summed E-state index contributed by atoms with van der Waals surface area (Å²) in [5.74, 6) is 0.148. The first-order valence-corrected chi connectivity index (χ1v) is 9.23. The second kappa shape index (κ2) is 8.09. The lowest BCUT2D eigenvalue weighted by molar-refractivity contribution is -0.123. The molecule has 2 rings (SSSR count). The van der Waals surface area contributed by atoms with E-state index in [1.807, 2.05) is 65.8 Å². The molecule has 1 heterocycles. The minimum atomic E-state index is -0.897. The second-order valence-electron chi connectivity index (χ2n) is 7.85. The van der Waals surface area contributed by atoms with Crippen LogP contribution in [0.1, 0.15) is 61.7 Å². The molecule has 0 saturated carbocycles. The Morgan fingerprint density at radius 1 is 1.30 bits per heavy atom. The number of anilines is 1. The van der Waals surface area contributed by atoms with Crippen LogP contribution in [0.2, 0.25) is 0 Å². The zero-order valence-electron chi connectivity index (χ0n) is 17.3. The Morgan fingerprint density at radius 3 is 2.48 bits per heavy atom. The van der Waals surface area contributed by atoms with Crippen molar-refractivity contribution in [3.63, 3.8) is 0 Å². The number of carbonyl (C=O) groups is 1. The maximum Gasteiger partial charge on any atom is 0.238 e. The molecule has 0 spiro atoms. The number of aliphatic hydroxyl groups excluding tert-OH is 1. The molecule has 1 amide bonds. The zero-order valence-corrected chi connectivity index (χ0v) is 17.3. The largest absolute Gasteiger partial charge is 0.479 e. The van der Waals surface area contributed by atoms with Crippen molar-refractivity contribution in [2.75, 3.05) is 12.4 Å². The third-order valence-electron chi connectivity index (χ3n) is 4.61. The number of nitrogens with zero attached hydrogens (tertiary/aromatic N) is 1. The Morgan fingerprint density at radius 2 is 1.96 bits per heavy atom. The van der Waals surface area contributed by atoms with Gasteiger partial charge in [0.05, 0.1) is 7.11 Å². The lowest BCUT2D eigenvalue weighted by Crippen LogP contribution is -2.29. The van der Waals surface area contributed by atoms with Crippen molar-refractivity contribution in [2.45, 2.75) is 54.1 Å². The van der Waals surface area contributed by atoms with Gasteiger partial charge in [0.15, 0.2) is 0 Å². The SMILES string of the molecule is CCc1c(C)nc(OC)c(NC(=O)C(C)(C)C)c1C(O)c1cccc(C)c1. The Labute approximate surface area is 161 Å². The van der Waals surface area contributed by atoms with Crippen molar-refractivity contribution >= 4 is 11.6 Å². The first-order valence-electron chi connectivity index (χ1n) is 9.23. The van der Waals surface area contributed by atoms with Gasteiger partial charge in [-0.3, -0.25) is 4.79 Å². The zero-order chi connectivity index (χ0) is 20.4. The molecule has 1 unspecified atom stereocenters. The molecule has 0 aliphatic rings. The quantitative estimate of drug-likeness (QED) is 0.821. The topological polar surface area (TPSA) is 71.5 Å². The molecule has 146 valence electrons. The van der Waals surface area contributed by atoms with Crippen molar-refractivity contribution in [3.05, 3.63) is 52.2 Å². The summed E-state index contributed by atoms with van der Waals surface area (Å²) in [7, 11) is 1.52. The summed E-state index contributed by atoms with van der Waals surface area (Å²) in [6, 6.07) is 7.73. The molecule has 1 atom stereocenters. The van der Waals surface area contributed by atoms with Crippen LogP contribution >= 0.6 is 0 Å². The van der Waals surface area contributed by atoms with Crippen LogP contribution in [-0.4, -0.2) is 23.1 Å². The highest BCUT2D eigenvalue weighted by Crippen LogP contribution is 2.39. The van der Waals surface area contributed by atoms with Crippen LogP contribution in [0.4, 0.5) is 5.69 Å². The summed E-state index contributed by atoms with van der Waals surface area (Å²) < 4.78 is 5.45. The number of pyridine rings is 1. The number of aromatic nitrogens is 1. The van der Waals surface area contributed by atoms with Gasteiger partial charge in [-0.05, 0) is 31.4 Å². The molecular weight excluding hydrogens is 340 g/mol. The fourth-order valence-corrected chi connectivity index (χ4v) is 3.06. The summed E-state index contributed by atoms with van der Waals surface area (Å²) in [4.78, 5) is 17.2. The van der Waals surface area contributed by atoms with Gasteiger partial charge in [0.2, 0.25) is 11.8 Å². The highest BCUT2D eigenvalue weighted by molar-refractivity contribution is 5.96. The van der Waals surface area contributed by atoms with Crippen LogP contribution < -0.4 is 10.1 Å². The van der Waals surface area contributed by atoms with Gasteiger partial charge in [-0.2, -0.15) is 0 Å². The summed E-state index contributed by atoms with van der Waals surface area (Å²) in [6.07, 6.45) is -0.217. The van der Waals surface area contributed by atoms with E-state index in [0.717, 1.165) is 22.4 Å². The molecule has 0 fully saturated rings. The number of rotatable bonds is 5. The molecule has 2 N–H and O–H groups in total. The standard InChI is InChI=1S/C22H30N2O3/c1-8-16-14(3)23-20(27-7)18(24-21(26)22(4,5)6)17(16)19(25)15-11-9-10-13(2)12-15/h9-12,19,25H,8H2,1-7H3,(H,24,26). The van der Waals surface area contributed by atoms with Crippen molar-refractivity contribution in [1.82, 2.24) is 4.98 Å². The molecule has 0 aliphatic heterocycles. The van der Waals surface area contributed by atoms with E-state index in [0.29, 0.717) is 23.6 Å². The van der Waals surface area contributed by atoms with Gasteiger partial charge in [-0.25, -0.2) is 4.98 Å². The third-order valence-corrected chi connectivity index (χ3v) is 4.61. The lowest BCUT2D eigenvalue weighted by atomic mass is 9.91. The molecule has 0 radical (unpaired) electrons. The van der Waals surface area contributed by atoms with E-state index >= 15 is 0 Å². The van der Waals surface area contributed by atoms with Crippen LogP contribution in [0, 0.1) is 19.3 Å². The van der Waals surface area contributed by atoms with Crippen molar-refractivity contribution in [2.24, 2.45) is 5.41 Å². The van der Waals surface area contributed by atoms with Crippen molar-refractivity contribution in [1.29, 1.82) is 0 Å². The van der Waals surface area contributed by atoms with E-state index in [1.54, 1.807) is 0 Å². The molecule has 27 heavy (non-hydrogen) atoms. The van der Waals surface area contributed by atoms with E-state index < -0.39 is 11.5 Å². The number of amides is 1. The monoisotopic (exact) mass is 370 g/mol. The fraction of sp³-hybridized carbons (Fsp3) is 0.455. The number of hydrogen-bond acceptors (Lipinski definition) is 4. The van der Waals surface area contributed by atoms with Crippen molar-refractivity contribution in [3.8, 4) is 5.88 Å². The fourth-order valence-electron chi connectivity index (χ4n) is 3.06. The van der Waals surface area contributed by atoms with E-state index in [-0.39, 0.29) is 5.91 Å². The molecule has 5 nitrogen and oxygen atoms in total. The van der Waals surface area contributed by atoms with Gasteiger partial charge < -0.3 is 15.2 Å². The Kier molecular flexibility index (Phi) is 6.26. The van der Waals surface area contributed by atoms with E-state index in [4.69, 9.17) is 4.74 Å². The number of hydrogen-bond donors (Lipinski definition) is 2. The molecule has 5 heteroatoms. The molecule has 1 aromatic carbocycles. The van der Waals surface area contributed by atoms with Crippen LogP contribution in [0.15, 0.2) is 24.3 Å². The molecule has 1 aromatic heterocycles. The minimum absolute atomic E-state index is 0.161. The molecule has 0 saturated heterocycles.